The molecule has 0 spiro atoms. The smallest absolute Gasteiger partial charge is 0.409 e. The van der Waals surface area contributed by atoms with Crippen molar-refractivity contribution in [3.63, 3.8) is 0 Å². The number of carbonyl (C=O) groups is 3. The summed E-state index contributed by atoms with van der Waals surface area (Å²) in [6, 6.07) is 13.2. The lowest BCUT2D eigenvalue weighted by atomic mass is 9.98. The first kappa shape index (κ1) is 25.0. The summed E-state index contributed by atoms with van der Waals surface area (Å²) in [4.78, 5) is 34.1. The number of nitrogens with one attached hydrogen (secondary N) is 2. The third-order valence-electron chi connectivity index (χ3n) is 5.20. The Balaban J connectivity index is 1.38. The van der Waals surface area contributed by atoms with Gasteiger partial charge in [-0.3, -0.25) is 9.59 Å². The van der Waals surface area contributed by atoms with E-state index in [0.717, 1.165) is 22.3 Å². The lowest BCUT2D eigenvalue weighted by molar-refractivity contribution is -0.170. The predicted molar refractivity (Wildman–Crippen MR) is 114 cm³/mol. The van der Waals surface area contributed by atoms with E-state index >= 15 is 0 Å². The van der Waals surface area contributed by atoms with E-state index in [9.17, 15) is 27.6 Å². The van der Waals surface area contributed by atoms with Crippen molar-refractivity contribution in [1.82, 2.24) is 10.6 Å². The minimum absolute atomic E-state index is 0.0399. The third-order valence-corrected chi connectivity index (χ3v) is 5.20. The van der Waals surface area contributed by atoms with E-state index in [4.69, 9.17) is 14.6 Å². The zero-order valence-electron chi connectivity index (χ0n) is 17.9. The fourth-order valence-electron chi connectivity index (χ4n) is 3.70. The van der Waals surface area contributed by atoms with Gasteiger partial charge in [-0.1, -0.05) is 48.5 Å². The summed E-state index contributed by atoms with van der Waals surface area (Å²) in [5.41, 5.74) is 4.31. The molecule has 1 aliphatic rings. The van der Waals surface area contributed by atoms with Crippen molar-refractivity contribution in [3.8, 4) is 11.1 Å². The molecule has 0 aromatic heterocycles. The van der Waals surface area contributed by atoms with Crippen LogP contribution in [-0.2, 0) is 19.1 Å². The molecule has 0 fully saturated rings. The zero-order valence-corrected chi connectivity index (χ0v) is 17.9. The van der Waals surface area contributed by atoms with Gasteiger partial charge in [-0.05, 0) is 22.3 Å². The van der Waals surface area contributed by atoms with Crippen molar-refractivity contribution in [1.29, 1.82) is 0 Å². The Morgan fingerprint density at radius 2 is 1.59 bits per heavy atom. The second-order valence-corrected chi connectivity index (χ2v) is 7.56. The summed E-state index contributed by atoms with van der Waals surface area (Å²) in [6.07, 6.45) is -6.90. The Labute approximate surface area is 193 Å². The molecule has 8 nitrogen and oxygen atoms in total. The minimum atomic E-state index is -4.90. The molecule has 34 heavy (non-hydrogen) atoms. The molecule has 0 aliphatic heterocycles. The van der Waals surface area contributed by atoms with Crippen molar-refractivity contribution in [2.24, 2.45) is 0 Å². The number of aliphatic carboxylic acids is 1. The molecule has 1 unspecified atom stereocenters. The van der Waals surface area contributed by atoms with Crippen LogP contribution in [0, 0.1) is 0 Å². The molecule has 182 valence electrons. The van der Waals surface area contributed by atoms with Gasteiger partial charge in [0.15, 0.2) is 0 Å². The fraction of sp³-hybridized carbons (Fsp3) is 0.348. The maximum Gasteiger partial charge on any atom is 0.409 e. The van der Waals surface area contributed by atoms with Gasteiger partial charge in [0.25, 0.3) is 0 Å². The maximum absolute atomic E-state index is 12.7. The molecule has 0 saturated heterocycles. The number of ether oxygens (including phenoxy) is 2. The van der Waals surface area contributed by atoms with Crippen molar-refractivity contribution in [3.05, 3.63) is 59.7 Å². The molecule has 1 atom stereocenters. The van der Waals surface area contributed by atoms with Gasteiger partial charge in [0.2, 0.25) is 5.91 Å². The van der Waals surface area contributed by atoms with Gasteiger partial charge in [0.1, 0.15) is 19.3 Å². The number of alkyl halides is 3. The van der Waals surface area contributed by atoms with Gasteiger partial charge in [-0.25, -0.2) is 4.79 Å². The summed E-state index contributed by atoms with van der Waals surface area (Å²) < 4.78 is 48.5. The number of carboxylic acid groups (broad SMARTS) is 1. The van der Waals surface area contributed by atoms with Gasteiger partial charge in [0.05, 0.1) is 13.0 Å². The number of alkyl carbamates (subject to hydrolysis) is 1. The number of benzene rings is 2. The summed E-state index contributed by atoms with van der Waals surface area (Å²) in [7, 11) is 0. The highest BCUT2D eigenvalue weighted by molar-refractivity contribution is 5.79. The molecule has 2 amide bonds. The van der Waals surface area contributed by atoms with Crippen molar-refractivity contribution >= 4 is 18.0 Å². The first-order valence-electron chi connectivity index (χ1n) is 10.4. The van der Waals surface area contributed by atoms with Gasteiger partial charge in [0, 0.05) is 12.5 Å². The molecular weight excluding hydrogens is 457 g/mol. The average molecular weight is 480 g/mol. The van der Waals surface area contributed by atoms with Crippen molar-refractivity contribution < 1.29 is 42.1 Å². The molecule has 1 aliphatic carbocycles. The number of hydrogen-bond donors (Lipinski definition) is 3. The molecule has 0 heterocycles. The van der Waals surface area contributed by atoms with E-state index in [2.05, 4.69) is 5.32 Å². The van der Waals surface area contributed by atoms with Crippen LogP contribution in [0.5, 0.6) is 0 Å². The summed E-state index contributed by atoms with van der Waals surface area (Å²) >= 11 is 0. The number of halogens is 3. The van der Waals surface area contributed by atoms with Gasteiger partial charge < -0.3 is 25.2 Å². The molecule has 3 N–H and O–H groups in total. The van der Waals surface area contributed by atoms with Crippen LogP contribution in [0.3, 0.4) is 0 Å². The summed E-state index contributed by atoms with van der Waals surface area (Å²) in [5, 5.41) is 12.6. The lowest BCUT2D eigenvalue weighted by Gasteiger charge is -2.19. The number of hydrogen-bond acceptors (Lipinski definition) is 5. The highest BCUT2D eigenvalue weighted by Crippen LogP contribution is 2.44. The second kappa shape index (κ2) is 11.0. The van der Waals surface area contributed by atoms with Gasteiger partial charge in [-0.2, -0.15) is 13.2 Å². The van der Waals surface area contributed by atoms with Crippen LogP contribution in [0.4, 0.5) is 18.0 Å². The van der Waals surface area contributed by atoms with E-state index in [1.54, 1.807) is 5.32 Å². The molecule has 0 bridgehead atoms. The number of rotatable bonds is 10. The standard InChI is InChI=1S/C23H23F3N2O6/c24-23(25,26)19(11-21(30)31)28-20(29)13-33-10-9-27-22(32)34-12-18-16-7-3-1-5-14(16)15-6-2-4-8-17(15)18/h1-8,18-19H,9-13H2,(H,27,32)(H,28,29)(H,30,31). The highest BCUT2D eigenvalue weighted by Gasteiger charge is 2.42. The van der Waals surface area contributed by atoms with Gasteiger partial charge in [-0.15, -0.1) is 0 Å². The molecule has 3 rings (SSSR count). The monoisotopic (exact) mass is 480 g/mol. The van der Waals surface area contributed by atoms with Crippen LogP contribution in [-0.4, -0.2) is 61.7 Å². The minimum Gasteiger partial charge on any atom is -0.481 e. The molecular formula is C23H23F3N2O6. The van der Waals surface area contributed by atoms with Crippen molar-refractivity contribution in [2.75, 3.05) is 26.4 Å². The van der Waals surface area contributed by atoms with E-state index < -0.39 is 43.2 Å². The van der Waals surface area contributed by atoms with Crippen LogP contribution >= 0.6 is 0 Å². The molecule has 2 aromatic carbocycles. The third kappa shape index (κ3) is 6.47. The average Bonchev–Trinajstić information content (AvgIpc) is 3.10. The summed E-state index contributed by atoms with van der Waals surface area (Å²) in [6.45, 7) is -0.806. The number of amides is 2. The number of carboxylic acids is 1. The van der Waals surface area contributed by atoms with Gasteiger partial charge >= 0.3 is 18.2 Å². The molecule has 11 heteroatoms. The Morgan fingerprint density at radius 1 is 1.00 bits per heavy atom. The molecule has 2 aromatic rings. The molecule has 0 saturated carbocycles. The zero-order chi connectivity index (χ0) is 24.7. The largest absolute Gasteiger partial charge is 0.481 e. The van der Waals surface area contributed by atoms with E-state index in [1.165, 1.54) is 0 Å². The van der Waals surface area contributed by atoms with Crippen LogP contribution in [0.25, 0.3) is 11.1 Å². The summed E-state index contributed by atoms with van der Waals surface area (Å²) in [5.74, 6) is -2.92. The quantitative estimate of drug-likeness (QED) is 0.451. The fourth-order valence-corrected chi connectivity index (χ4v) is 3.70. The highest BCUT2D eigenvalue weighted by atomic mass is 19.4. The lowest BCUT2D eigenvalue weighted by Crippen LogP contribution is -2.47. The van der Waals surface area contributed by atoms with E-state index in [-0.39, 0.29) is 25.7 Å². The topological polar surface area (TPSA) is 114 Å². The SMILES string of the molecule is O=C(O)CC(NC(=O)COCCNC(=O)OCC1c2ccccc2-c2ccccc21)C(F)(F)F. The van der Waals surface area contributed by atoms with E-state index in [1.807, 2.05) is 48.5 Å². The van der Waals surface area contributed by atoms with Crippen molar-refractivity contribution in [2.45, 2.75) is 24.6 Å². The number of carbonyl (C=O) groups excluding carboxylic acids is 2. The van der Waals surface area contributed by atoms with Crippen LogP contribution in [0.15, 0.2) is 48.5 Å². The van der Waals surface area contributed by atoms with Crippen LogP contribution in [0.1, 0.15) is 23.5 Å². The van der Waals surface area contributed by atoms with E-state index in [0.29, 0.717) is 0 Å². The second-order valence-electron chi connectivity index (χ2n) is 7.56. The first-order valence-corrected chi connectivity index (χ1v) is 10.4. The Morgan fingerprint density at radius 3 is 2.15 bits per heavy atom. The Bertz CT molecular complexity index is 998. The van der Waals surface area contributed by atoms with Crippen LogP contribution in [0.2, 0.25) is 0 Å². The number of fused-ring (bicyclic) bond motifs is 3. The Hall–Kier alpha value is -3.60. The van der Waals surface area contributed by atoms with Crippen LogP contribution < -0.4 is 10.6 Å². The predicted octanol–water partition coefficient (Wildman–Crippen LogP) is 3.06. The first-order chi connectivity index (χ1) is 16.2. The normalized spacial score (nSPS) is 13.5. The molecule has 0 radical (unpaired) electrons. The Kier molecular flexibility index (Phi) is 8.11. The maximum atomic E-state index is 12.7.